The van der Waals surface area contributed by atoms with Gasteiger partial charge in [-0.05, 0) is 23.6 Å². The molecule has 0 radical (unpaired) electrons. The third-order valence-corrected chi connectivity index (χ3v) is 3.98. The zero-order chi connectivity index (χ0) is 13.1. The molecule has 0 bridgehead atoms. The maximum Gasteiger partial charge on any atom is 0.0994 e. The fourth-order valence-corrected chi connectivity index (χ4v) is 2.96. The van der Waals surface area contributed by atoms with E-state index < -0.39 is 0 Å². The SMILES string of the molecule is N#Cc1cccc2c1CCOC2CN1CCNCC1. The second-order valence-electron chi connectivity index (χ2n) is 5.15. The molecule has 19 heavy (non-hydrogen) atoms. The van der Waals surface area contributed by atoms with Gasteiger partial charge in [-0.15, -0.1) is 0 Å². The first-order chi connectivity index (χ1) is 9.38. The quantitative estimate of drug-likeness (QED) is 0.861. The standard InChI is InChI=1S/C15H19N3O/c16-10-12-2-1-3-14-13(12)4-9-19-15(14)11-18-7-5-17-6-8-18/h1-3,15,17H,4-9,11H2. The van der Waals surface area contributed by atoms with Crippen LogP contribution in [0.3, 0.4) is 0 Å². The predicted octanol–water partition coefficient (Wildman–Crippen LogP) is 1.08. The van der Waals surface area contributed by atoms with E-state index in [0.717, 1.165) is 51.3 Å². The highest BCUT2D eigenvalue weighted by molar-refractivity contribution is 5.45. The summed E-state index contributed by atoms with van der Waals surface area (Å²) in [6.45, 7) is 5.92. The number of hydrogen-bond donors (Lipinski definition) is 1. The number of hydrogen-bond acceptors (Lipinski definition) is 4. The first kappa shape index (κ1) is 12.6. The van der Waals surface area contributed by atoms with Gasteiger partial charge in [0.15, 0.2) is 0 Å². The van der Waals surface area contributed by atoms with Gasteiger partial charge in [0.05, 0.1) is 24.3 Å². The zero-order valence-corrected chi connectivity index (χ0v) is 11.1. The molecule has 3 rings (SSSR count). The first-order valence-corrected chi connectivity index (χ1v) is 6.95. The Kier molecular flexibility index (Phi) is 3.79. The molecular formula is C15H19N3O. The number of nitrogens with one attached hydrogen (secondary N) is 1. The van der Waals surface area contributed by atoms with Crippen molar-refractivity contribution in [3.63, 3.8) is 0 Å². The molecule has 4 nitrogen and oxygen atoms in total. The van der Waals surface area contributed by atoms with E-state index in [0.29, 0.717) is 0 Å². The molecule has 2 heterocycles. The second kappa shape index (κ2) is 5.70. The van der Waals surface area contributed by atoms with Gasteiger partial charge in [-0.2, -0.15) is 5.26 Å². The number of benzene rings is 1. The van der Waals surface area contributed by atoms with Crippen molar-refractivity contribution in [3.05, 3.63) is 34.9 Å². The van der Waals surface area contributed by atoms with Gasteiger partial charge in [0.1, 0.15) is 0 Å². The Morgan fingerprint density at radius 3 is 3.00 bits per heavy atom. The summed E-state index contributed by atoms with van der Waals surface area (Å²) in [7, 11) is 0. The maximum absolute atomic E-state index is 9.19. The Balaban J connectivity index is 1.80. The Bertz CT molecular complexity index is 489. The lowest BCUT2D eigenvalue weighted by atomic mass is 9.93. The van der Waals surface area contributed by atoms with E-state index >= 15 is 0 Å². The molecule has 4 heteroatoms. The summed E-state index contributed by atoms with van der Waals surface area (Å²) in [5, 5.41) is 12.6. The molecule has 0 saturated carbocycles. The zero-order valence-electron chi connectivity index (χ0n) is 11.1. The first-order valence-electron chi connectivity index (χ1n) is 6.95. The van der Waals surface area contributed by atoms with E-state index in [4.69, 9.17) is 4.74 Å². The number of ether oxygens (including phenoxy) is 1. The molecule has 100 valence electrons. The van der Waals surface area contributed by atoms with Crippen LogP contribution in [0.1, 0.15) is 22.8 Å². The molecule has 1 aromatic carbocycles. The van der Waals surface area contributed by atoms with Crippen molar-refractivity contribution in [2.45, 2.75) is 12.5 Å². The normalized spacial score (nSPS) is 23.6. The van der Waals surface area contributed by atoms with E-state index in [2.05, 4.69) is 22.4 Å². The largest absolute Gasteiger partial charge is 0.372 e. The average molecular weight is 257 g/mol. The molecule has 0 amide bonds. The summed E-state index contributed by atoms with van der Waals surface area (Å²) < 4.78 is 5.94. The summed E-state index contributed by atoms with van der Waals surface area (Å²) >= 11 is 0. The number of fused-ring (bicyclic) bond motifs is 1. The van der Waals surface area contributed by atoms with Crippen LogP contribution in [0.25, 0.3) is 0 Å². The summed E-state index contributed by atoms with van der Waals surface area (Å²) in [5.74, 6) is 0. The molecule has 2 aliphatic rings. The van der Waals surface area contributed by atoms with Gasteiger partial charge in [-0.1, -0.05) is 12.1 Å². The van der Waals surface area contributed by atoms with Crippen LogP contribution in [0.2, 0.25) is 0 Å². The maximum atomic E-state index is 9.19. The molecule has 0 aromatic heterocycles. The van der Waals surface area contributed by atoms with Crippen molar-refractivity contribution in [1.29, 1.82) is 5.26 Å². The molecule has 1 saturated heterocycles. The summed E-state index contributed by atoms with van der Waals surface area (Å²) in [4.78, 5) is 2.44. The predicted molar refractivity (Wildman–Crippen MR) is 72.9 cm³/mol. The average Bonchev–Trinajstić information content (AvgIpc) is 2.48. The highest BCUT2D eigenvalue weighted by Gasteiger charge is 2.25. The minimum atomic E-state index is 0.121. The lowest BCUT2D eigenvalue weighted by Crippen LogP contribution is -2.45. The molecular weight excluding hydrogens is 238 g/mol. The minimum absolute atomic E-state index is 0.121. The molecule has 2 aliphatic heterocycles. The van der Waals surface area contributed by atoms with E-state index in [1.54, 1.807) is 0 Å². The Hall–Kier alpha value is -1.41. The lowest BCUT2D eigenvalue weighted by Gasteiger charge is -2.33. The summed E-state index contributed by atoms with van der Waals surface area (Å²) in [5.41, 5.74) is 3.21. The van der Waals surface area contributed by atoms with Gasteiger partial charge in [-0.25, -0.2) is 0 Å². The Morgan fingerprint density at radius 2 is 2.21 bits per heavy atom. The summed E-state index contributed by atoms with van der Waals surface area (Å²) in [6.07, 6.45) is 0.979. The number of piperazine rings is 1. The minimum Gasteiger partial charge on any atom is -0.372 e. The molecule has 0 spiro atoms. The van der Waals surface area contributed by atoms with Crippen molar-refractivity contribution >= 4 is 0 Å². The van der Waals surface area contributed by atoms with E-state index in [1.807, 2.05) is 12.1 Å². The molecule has 1 N–H and O–H groups in total. The number of rotatable bonds is 2. The van der Waals surface area contributed by atoms with Crippen molar-refractivity contribution in [2.24, 2.45) is 0 Å². The molecule has 1 aromatic rings. The number of nitrogens with zero attached hydrogens (tertiary/aromatic N) is 2. The van der Waals surface area contributed by atoms with Crippen LogP contribution in [-0.4, -0.2) is 44.2 Å². The smallest absolute Gasteiger partial charge is 0.0994 e. The second-order valence-corrected chi connectivity index (χ2v) is 5.15. The van der Waals surface area contributed by atoms with E-state index in [1.165, 1.54) is 11.1 Å². The van der Waals surface area contributed by atoms with Gasteiger partial charge >= 0.3 is 0 Å². The van der Waals surface area contributed by atoms with Gasteiger partial charge in [0.2, 0.25) is 0 Å². The molecule has 1 fully saturated rings. The Labute approximate surface area is 114 Å². The fraction of sp³-hybridized carbons (Fsp3) is 0.533. The van der Waals surface area contributed by atoms with Crippen molar-refractivity contribution in [1.82, 2.24) is 10.2 Å². The van der Waals surface area contributed by atoms with Crippen molar-refractivity contribution in [3.8, 4) is 6.07 Å². The van der Waals surface area contributed by atoms with Gasteiger partial charge in [-0.3, -0.25) is 4.90 Å². The highest BCUT2D eigenvalue weighted by Crippen LogP contribution is 2.29. The number of nitriles is 1. The molecule has 1 unspecified atom stereocenters. The third kappa shape index (κ3) is 2.64. The van der Waals surface area contributed by atoms with Crippen LogP contribution in [-0.2, 0) is 11.2 Å². The van der Waals surface area contributed by atoms with Gasteiger partial charge in [0, 0.05) is 32.7 Å². The van der Waals surface area contributed by atoms with Crippen molar-refractivity contribution in [2.75, 3.05) is 39.3 Å². The van der Waals surface area contributed by atoms with Crippen LogP contribution < -0.4 is 5.32 Å². The van der Waals surface area contributed by atoms with Crippen molar-refractivity contribution < 1.29 is 4.74 Å². The fourth-order valence-electron chi connectivity index (χ4n) is 2.96. The lowest BCUT2D eigenvalue weighted by molar-refractivity contribution is 0.0135. The topological polar surface area (TPSA) is 48.3 Å². The van der Waals surface area contributed by atoms with Crippen LogP contribution >= 0.6 is 0 Å². The van der Waals surface area contributed by atoms with Crippen LogP contribution in [0.15, 0.2) is 18.2 Å². The van der Waals surface area contributed by atoms with Crippen LogP contribution in [0, 0.1) is 11.3 Å². The van der Waals surface area contributed by atoms with Gasteiger partial charge < -0.3 is 10.1 Å². The van der Waals surface area contributed by atoms with E-state index in [-0.39, 0.29) is 6.10 Å². The van der Waals surface area contributed by atoms with Crippen LogP contribution in [0.5, 0.6) is 0 Å². The van der Waals surface area contributed by atoms with E-state index in [9.17, 15) is 5.26 Å². The Morgan fingerprint density at radius 1 is 1.37 bits per heavy atom. The van der Waals surface area contributed by atoms with Crippen LogP contribution in [0.4, 0.5) is 0 Å². The summed E-state index contributed by atoms with van der Waals surface area (Å²) in [6, 6.07) is 8.29. The van der Waals surface area contributed by atoms with Gasteiger partial charge in [0.25, 0.3) is 0 Å². The monoisotopic (exact) mass is 257 g/mol. The molecule has 0 aliphatic carbocycles. The highest BCUT2D eigenvalue weighted by atomic mass is 16.5. The molecule has 1 atom stereocenters. The third-order valence-electron chi connectivity index (χ3n) is 3.98.